The molecule has 0 aromatic heterocycles. The van der Waals surface area contributed by atoms with Crippen molar-refractivity contribution in [2.45, 2.75) is 25.7 Å². The Labute approximate surface area is 161 Å². The summed E-state index contributed by atoms with van der Waals surface area (Å²) in [5, 5.41) is 2.97. The van der Waals surface area contributed by atoms with Gasteiger partial charge in [-0.15, -0.1) is 0 Å². The van der Waals surface area contributed by atoms with Crippen LogP contribution >= 0.6 is 0 Å². The average molecular weight is 369 g/mol. The van der Waals surface area contributed by atoms with Crippen LogP contribution in [0.25, 0.3) is 0 Å². The molecule has 0 bridgehead atoms. The highest BCUT2D eigenvalue weighted by atomic mass is 19.1. The number of nitrogens with one attached hydrogen (secondary N) is 1. The van der Waals surface area contributed by atoms with Gasteiger partial charge in [0.15, 0.2) is 0 Å². The SMILES string of the molecule is CN1CCN(c2ccc(NC(=O)CCCCc3ccc(F)cc3)cc2)CC1. The summed E-state index contributed by atoms with van der Waals surface area (Å²) < 4.78 is 12.9. The van der Waals surface area contributed by atoms with E-state index in [-0.39, 0.29) is 11.7 Å². The molecule has 27 heavy (non-hydrogen) atoms. The Morgan fingerprint density at radius 1 is 0.963 bits per heavy atom. The van der Waals surface area contributed by atoms with Crippen LogP contribution in [-0.4, -0.2) is 44.0 Å². The zero-order valence-electron chi connectivity index (χ0n) is 16.0. The molecule has 1 heterocycles. The molecule has 4 nitrogen and oxygen atoms in total. The number of aryl methyl sites for hydroxylation is 1. The minimum Gasteiger partial charge on any atom is -0.369 e. The third-order valence-corrected chi connectivity index (χ3v) is 5.05. The fourth-order valence-electron chi connectivity index (χ4n) is 3.31. The highest BCUT2D eigenvalue weighted by Crippen LogP contribution is 2.19. The van der Waals surface area contributed by atoms with Crippen LogP contribution in [0.1, 0.15) is 24.8 Å². The van der Waals surface area contributed by atoms with Crippen molar-refractivity contribution in [1.82, 2.24) is 4.90 Å². The Hall–Kier alpha value is -2.40. The lowest BCUT2D eigenvalue weighted by Crippen LogP contribution is -2.44. The number of halogens is 1. The molecule has 0 unspecified atom stereocenters. The van der Waals surface area contributed by atoms with Crippen LogP contribution in [0, 0.1) is 5.82 Å². The van der Waals surface area contributed by atoms with Gasteiger partial charge in [-0.1, -0.05) is 12.1 Å². The van der Waals surface area contributed by atoms with E-state index in [9.17, 15) is 9.18 Å². The largest absolute Gasteiger partial charge is 0.369 e. The third kappa shape index (κ3) is 6.07. The van der Waals surface area contributed by atoms with Gasteiger partial charge < -0.3 is 15.1 Å². The standard InChI is InChI=1S/C22H28FN3O/c1-25-14-16-26(17-15-25)21-12-10-20(11-13-21)24-22(27)5-3-2-4-18-6-8-19(23)9-7-18/h6-13H,2-5,14-17H2,1H3,(H,24,27). The van der Waals surface area contributed by atoms with E-state index in [1.807, 2.05) is 12.1 Å². The van der Waals surface area contributed by atoms with E-state index in [0.29, 0.717) is 6.42 Å². The maximum atomic E-state index is 12.9. The molecule has 3 rings (SSSR count). The predicted octanol–water partition coefficient (Wildman–Crippen LogP) is 3.93. The Morgan fingerprint density at radius 2 is 1.63 bits per heavy atom. The number of carbonyl (C=O) groups is 1. The van der Waals surface area contributed by atoms with Gasteiger partial charge in [0.2, 0.25) is 5.91 Å². The van der Waals surface area contributed by atoms with Crippen LogP contribution < -0.4 is 10.2 Å². The maximum Gasteiger partial charge on any atom is 0.224 e. The van der Waals surface area contributed by atoms with E-state index in [1.54, 1.807) is 12.1 Å². The number of hydrogen-bond donors (Lipinski definition) is 1. The van der Waals surface area contributed by atoms with E-state index in [4.69, 9.17) is 0 Å². The van der Waals surface area contributed by atoms with Gasteiger partial charge in [0.25, 0.3) is 0 Å². The first-order valence-corrected chi connectivity index (χ1v) is 9.68. The Bertz CT molecular complexity index is 722. The zero-order chi connectivity index (χ0) is 19.1. The molecule has 2 aromatic carbocycles. The second-order valence-corrected chi connectivity index (χ2v) is 7.22. The second kappa shape index (κ2) is 9.51. The summed E-state index contributed by atoms with van der Waals surface area (Å²) in [5.41, 5.74) is 3.16. The Kier molecular flexibility index (Phi) is 6.82. The van der Waals surface area contributed by atoms with Gasteiger partial charge >= 0.3 is 0 Å². The quantitative estimate of drug-likeness (QED) is 0.751. The van der Waals surface area contributed by atoms with Crippen molar-refractivity contribution >= 4 is 17.3 Å². The summed E-state index contributed by atoms with van der Waals surface area (Å²) in [6, 6.07) is 14.7. The first kappa shape index (κ1) is 19.4. The Morgan fingerprint density at radius 3 is 2.30 bits per heavy atom. The van der Waals surface area contributed by atoms with Crippen molar-refractivity contribution in [2.24, 2.45) is 0 Å². The highest BCUT2D eigenvalue weighted by Gasteiger charge is 2.14. The third-order valence-electron chi connectivity index (χ3n) is 5.05. The number of benzene rings is 2. The minimum absolute atomic E-state index is 0.0430. The van der Waals surface area contributed by atoms with E-state index in [1.165, 1.54) is 17.8 Å². The Balaban J connectivity index is 1.38. The number of hydrogen-bond acceptors (Lipinski definition) is 3. The van der Waals surface area contributed by atoms with Crippen LogP contribution in [0.2, 0.25) is 0 Å². The summed E-state index contributed by atoms with van der Waals surface area (Å²) >= 11 is 0. The van der Waals surface area contributed by atoms with E-state index < -0.39 is 0 Å². The molecular formula is C22H28FN3O. The van der Waals surface area contributed by atoms with Gasteiger partial charge in [-0.05, 0) is 68.3 Å². The maximum absolute atomic E-state index is 12.9. The van der Waals surface area contributed by atoms with Gasteiger partial charge in [0, 0.05) is 44.0 Å². The van der Waals surface area contributed by atoms with Crippen molar-refractivity contribution in [3.8, 4) is 0 Å². The number of rotatable bonds is 7. The average Bonchev–Trinajstić information content (AvgIpc) is 2.68. The molecule has 1 aliphatic heterocycles. The summed E-state index contributed by atoms with van der Waals surface area (Å²) in [5.74, 6) is -0.168. The fourth-order valence-corrected chi connectivity index (χ4v) is 3.31. The number of unbranched alkanes of at least 4 members (excludes halogenated alkanes) is 1. The molecule has 1 saturated heterocycles. The molecule has 1 N–H and O–H groups in total. The molecule has 2 aromatic rings. The number of amides is 1. The van der Waals surface area contributed by atoms with E-state index in [0.717, 1.165) is 56.7 Å². The lowest BCUT2D eigenvalue weighted by molar-refractivity contribution is -0.116. The van der Waals surface area contributed by atoms with Crippen LogP contribution in [0.15, 0.2) is 48.5 Å². The van der Waals surface area contributed by atoms with Gasteiger partial charge in [-0.25, -0.2) is 4.39 Å². The summed E-state index contributed by atoms with van der Waals surface area (Å²) in [7, 11) is 2.15. The topological polar surface area (TPSA) is 35.6 Å². The molecule has 0 radical (unpaired) electrons. The van der Waals surface area contributed by atoms with Gasteiger partial charge in [0.1, 0.15) is 5.82 Å². The minimum atomic E-state index is -0.211. The zero-order valence-corrected chi connectivity index (χ0v) is 16.0. The number of piperazine rings is 1. The number of nitrogens with zero attached hydrogens (tertiary/aromatic N) is 2. The molecule has 0 spiro atoms. The molecule has 1 fully saturated rings. The van der Waals surface area contributed by atoms with Crippen LogP contribution in [0.5, 0.6) is 0 Å². The monoisotopic (exact) mass is 369 g/mol. The normalized spacial score (nSPS) is 15.0. The first-order valence-electron chi connectivity index (χ1n) is 9.68. The van der Waals surface area contributed by atoms with Crippen molar-refractivity contribution in [3.05, 3.63) is 59.9 Å². The second-order valence-electron chi connectivity index (χ2n) is 7.22. The lowest BCUT2D eigenvalue weighted by atomic mass is 10.1. The summed E-state index contributed by atoms with van der Waals surface area (Å²) in [6.07, 6.45) is 3.11. The van der Waals surface area contributed by atoms with Crippen molar-refractivity contribution < 1.29 is 9.18 Å². The smallest absolute Gasteiger partial charge is 0.224 e. The molecular weight excluding hydrogens is 341 g/mol. The molecule has 1 aliphatic rings. The van der Waals surface area contributed by atoms with Gasteiger partial charge in [-0.2, -0.15) is 0 Å². The molecule has 0 saturated carbocycles. The van der Waals surface area contributed by atoms with Gasteiger partial charge in [0.05, 0.1) is 0 Å². The fraction of sp³-hybridized carbons (Fsp3) is 0.409. The number of likely N-dealkylation sites (N-methyl/N-ethyl adjacent to an activating group) is 1. The molecule has 0 atom stereocenters. The first-order chi connectivity index (χ1) is 13.1. The predicted molar refractivity (Wildman–Crippen MR) is 109 cm³/mol. The lowest BCUT2D eigenvalue weighted by Gasteiger charge is -2.34. The van der Waals surface area contributed by atoms with Crippen molar-refractivity contribution in [1.29, 1.82) is 0 Å². The summed E-state index contributed by atoms with van der Waals surface area (Å²) in [4.78, 5) is 16.8. The van der Waals surface area contributed by atoms with Gasteiger partial charge in [-0.3, -0.25) is 4.79 Å². The molecule has 0 aliphatic carbocycles. The van der Waals surface area contributed by atoms with Crippen molar-refractivity contribution in [2.75, 3.05) is 43.4 Å². The number of carbonyl (C=O) groups excluding carboxylic acids is 1. The molecule has 144 valence electrons. The van der Waals surface area contributed by atoms with Crippen LogP contribution in [-0.2, 0) is 11.2 Å². The van der Waals surface area contributed by atoms with E-state index >= 15 is 0 Å². The highest BCUT2D eigenvalue weighted by molar-refractivity contribution is 5.90. The van der Waals surface area contributed by atoms with Crippen LogP contribution in [0.3, 0.4) is 0 Å². The van der Waals surface area contributed by atoms with Crippen molar-refractivity contribution in [3.63, 3.8) is 0 Å². The summed E-state index contributed by atoms with van der Waals surface area (Å²) in [6.45, 7) is 4.24. The molecule has 5 heteroatoms. The number of anilines is 2. The molecule has 1 amide bonds. The van der Waals surface area contributed by atoms with Crippen LogP contribution in [0.4, 0.5) is 15.8 Å². The van der Waals surface area contributed by atoms with E-state index in [2.05, 4.69) is 34.3 Å².